The van der Waals surface area contributed by atoms with Crippen LogP contribution in [0.15, 0.2) is 24.3 Å². The SMILES string of the molecule is CCCCCCCCCCCCC/C=C\CCCCCCCCCC(=O)NC(COC1OC(CO)C(O)C(O)C1O)C(O)/C=C/CCCCCCCCCCCCCCC. The second-order valence-corrected chi connectivity index (χ2v) is 18.0. The number of ether oxygens (including phenoxy) is 2. The van der Waals surface area contributed by atoms with E-state index >= 15 is 0 Å². The van der Waals surface area contributed by atoms with Gasteiger partial charge in [-0.15, -0.1) is 0 Å². The molecule has 9 nitrogen and oxygen atoms in total. The number of carbonyl (C=O) groups is 1. The van der Waals surface area contributed by atoms with Crippen LogP contribution in [0.25, 0.3) is 0 Å². The number of carbonyl (C=O) groups excluding carboxylic acids is 1. The maximum Gasteiger partial charge on any atom is 0.220 e. The van der Waals surface area contributed by atoms with Crippen LogP contribution in [-0.2, 0) is 14.3 Å². The Balaban J connectivity index is 2.28. The van der Waals surface area contributed by atoms with Gasteiger partial charge in [0, 0.05) is 6.42 Å². The zero-order valence-corrected chi connectivity index (χ0v) is 39.0. The standard InChI is InChI=1S/C51H97NO8/c1-3-5-7-9-11-13-15-17-19-20-21-22-23-24-25-27-29-31-33-35-37-39-41-47(55)52-44(43-59-51-50(58)49(57)48(56)46(42-53)60-51)45(54)40-38-36-34-32-30-28-26-18-16-14-12-10-8-6-4-2/h23-24,38,40,44-46,48-51,53-54,56-58H,3-22,25-37,39,41-43H2,1-2H3,(H,52,55)/b24-23-,40-38+. The van der Waals surface area contributed by atoms with Crippen molar-refractivity contribution in [3.63, 3.8) is 0 Å². The second-order valence-electron chi connectivity index (χ2n) is 18.0. The zero-order valence-electron chi connectivity index (χ0n) is 39.0. The number of allylic oxidation sites excluding steroid dienone is 3. The fourth-order valence-corrected chi connectivity index (χ4v) is 8.15. The lowest BCUT2D eigenvalue weighted by atomic mass is 9.99. The van der Waals surface area contributed by atoms with Crippen LogP contribution in [0.1, 0.15) is 239 Å². The van der Waals surface area contributed by atoms with Crippen LogP contribution in [0.2, 0.25) is 0 Å². The molecular weight excluding hydrogens is 755 g/mol. The largest absolute Gasteiger partial charge is 0.394 e. The van der Waals surface area contributed by atoms with Crippen molar-refractivity contribution in [2.75, 3.05) is 13.2 Å². The van der Waals surface area contributed by atoms with Gasteiger partial charge in [0.05, 0.1) is 25.4 Å². The smallest absolute Gasteiger partial charge is 0.220 e. The molecule has 1 heterocycles. The molecule has 1 aliphatic rings. The zero-order chi connectivity index (χ0) is 43.7. The summed E-state index contributed by atoms with van der Waals surface area (Å²) in [6, 6.07) is -0.804. The van der Waals surface area contributed by atoms with Gasteiger partial charge in [-0.25, -0.2) is 0 Å². The van der Waals surface area contributed by atoms with Crippen molar-refractivity contribution in [2.45, 2.75) is 281 Å². The van der Waals surface area contributed by atoms with E-state index in [-0.39, 0.29) is 12.5 Å². The lowest BCUT2D eigenvalue weighted by molar-refractivity contribution is -0.302. The van der Waals surface area contributed by atoms with E-state index in [0.29, 0.717) is 6.42 Å². The van der Waals surface area contributed by atoms with E-state index < -0.39 is 49.5 Å². The lowest BCUT2D eigenvalue weighted by Gasteiger charge is -2.40. The van der Waals surface area contributed by atoms with Crippen LogP contribution in [0.5, 0.6) is 0 Å². The molecule has 1 aliphatic heterocycles. The van der Waals surface area contributed by atoms with Crippen LogP contribution in [-0.4, -0.2) is 87.5 Å². The fraction of sp³-hybridized carbons (Fsp3) is 0.902. The highest BCUT2D eigenvalue weighted by Gasteiger charge is 2.44. The first-order chi connectivity index (χ1) is 29.3. The number of aliphatic hydroxyl groups is 5. The van der Waals surface area contributed by atoms with Crippen molar-refractivity contribution < 1.29 is 39.8 Å². The summed E-state index contributed by atoms with van der Waals surface area (Å²) in [5, 5.41) is 54.3. The summed E-state index contributed by atoms with van der Waals surface area (Å²) in [4.78, 5) is 13.0. The third-order valence-corrected chi connectivity index (χ3v) is 12.3. The first-order valence-electron chi connectivity index (χ1n) is 25.6. The Morgan fingerprint density at radius 2 is 0.933 bits per heavy atom. The van der Waals surface area contributed by atoms with Crippen LogP contribution in [0.4, 0.5) is 0 Å². The number of rotatable bonds is 43. The van der Waals surface area contributed by atoms with E-state index in [0.717, 1.165) is 38.5 Å². The Morgan fingerprint density at radius 3 is 1.35 bits per heavy atom. The summed E-state index contributed by atoms with van der Waals surface area (Å²) in [7, 11) is 0. The molecule has 6 N–H and O–H groups in total. The fourth-order valence-electron chi connectivity index (χ4n) is 8.15. The maximum atomic E-state index is 13.0. The number of unbranched alkanes of at least 4 members (excludes halogenated alkanes) is 31. The van der Waals surface area contributed by atoms with Crippen molar-refractivity contribution in [2.24, 2.45) is 0 Å². The first kappa shape index (κ1) is 56.7. The molecule has 60 heavy (non-hydrogen) atoms. The molecule has 1 saturated heterocycles. The van der Waals surface area contributed by atoms with E-state index in [2.05, 4.69) is 31.3 Å². The van der Waals surface area contributed by atoms with E-state index in [1.54, 1.807) is 6.08 Å². The second kappa shape index (κ2) is 41.7. The summed E-state index contributed by atoms with van der Waals surface area (Å²) in [5.41, 5.74) is 0. The van der Waals surface area contributed by atoms with Gasteiger partial charge in [-0.05, 0) is 44.9 Å². The van der Waals surface area contributed by atoms with Crippen LogP contribution >= 0.6 is 0 Å². The van der Waals surface area contributed by atoms with Crippen LogP contribution in [0.3, 0.4) is 0 Å². The van der Waals surface area contributed by atoms with E-state index in [1.165, 1.54) is 180 Å². The Labute approximate surface area is 369 Å². The highest BCUT2D eigenvalue weighted by molar-refractivity contribution is 5.76. The minimum Gasteiger partial charge on any atom is -0.394 e. The quantitative estimate of drug-likeness (QED) is 0.0262. The predicted molar refractivity (Wildman–Crippen MR) is 249 cm³/mol. The molecule has 0 saturated carbocycles. The van der Waals surface area contributed by atoms with Crippen molar-refractivity contribution in [1.29, 1.82) is 0 Å². The maximum absolute atomic E-state index is 13.0. The molecule has 0 bridgehead atoms. The van der Waals surface area contributed by atoms with E-state index in [1.807, 2.05) is 6.08 Å². The van der Waals surface area contributed by atoms with Gasteiger partial charge < -0.3 is 40.3 Å². The van der Waals surface area contributed by atoms with Gasteiger partial charge in [-0.1, -0.05) is 212 Å². The van der Waals surface area contributed by atoms with Crippen molar-refractivity contribution in [1.82, 2.24) is 5.32 Å². The molecule has 0 spiro atoms. The minimum atomic E-state index is -1.56. The molecule has 7 unspecified atom stereocenters. The van der Waals surface area contributed by atoms with E-state index in [9.17, 15) is 30.3 Å². The van der Waals surface area contributed by atoms with Gasteiger partial charge in [0.25, 0.3) is 0 Å². The predicted octanol–water partition coefficient (Wildman–Crippen LogP) is 11.5. The Bertz CT molecular complexity index is 992. The highest BCUT2D eigenvalue weighted by Crippen LogP contribution is 2.23. The molecule has 0 radical (unpaired) electrons. The van der Waals surface area contributed by atoms with Crippen molar-refractivity contribution in [3.8, 4) is 0 Å². The number of hydrogen-bond acceptors (Lipinski definition) is 8. The topological polar surface area (TPSA) is 149 Å². The van der Waals surface area contributed by atoms with Gasteiger partial charge in [0.2, 0.25) is 5.91 Å². The Hall–Kier alpha value is -1.33. The van der Waals surface area contributed by atoms with Crippen molar-refractivity contribution >= 4 is 5.91 Å². The molecule has 9 heteroatoms. The summed E-state index contributed by atoms with van der Waals surface area (Å²) in [5.74, 6) is -0.179. The van der Waals surface area contributed by atoms with Gasteiger partial charge in [-0.3, -0.25) is 4.79 Å². The van der Waals surface area contributed by atoms with Gasteiger partial charge in [-0.2, -0.15) is 0 Å². The van der Waals surface area contributed by atoms with Crippen LogP contribution in [0, 0.1) is 0 Å². The van der Waals surface area contributed by atoms with Gasteiger partial charge >= 0.3 is 0 Å². The van der Waals surface area contributed by atoms with Gasteiger partial charge in [0.15, 0.2) is 6.29 Å². The normalized spacial score (nSPS) is 20.7. The Kier molecular flexibility index (Phi) is 39.4. The first-order valence-corrected chi connectivity index (χ1v) is 25.6. The molecule has 1 fully saturated rings. The number of nitrogens with one attached hydrogen (secondary N) is 1. The third-order valence-electron chi connectivity index (χ3n) is 12.3. The molecule has 0 aromatic rings. The summed E-state index contributed by atoms with van der Waals surface area (Å²) in [6.07, 6.45) is 43.7. The lowest BCUT2D eigenvalue weighted by Crippen LogP contribution is -2.60. The molecule has 1 amide bonds. The molecule has 7 atom stereocenters. The number of hydrogen-bond donors (Lipinski definition) is 6. The number of amides is 1. The van der Waals surface area contributed by atoms with Crippen LogP contribution < -0.4 is 5.32 Å². The molecule has 0 aromatic carbocycles. The highest BCUT2D eigenvalue weighted by atomic mass is 16.7. The summed E-state index contributed by atoms with van der Waals surface area (Å²) in [6.45, 7) is 3.79. The Morgan fingerprint density at radius 1 is 0.550 bits per heavy atom. The average Bonchev–Trinajstić information content (AvgIpc) is 3.25. The molecule has 0 aromatic heterocycles. The molecular formula is C51H97NO8. The molecule has 354 valence electrons. The average molecular weight is 852 g/mol. The van der Waals surface area contributed by atoms with E-state index in [4.69, 9.17) is 9.47 Å². The minimum absolute atomic E-state index is 0.179. The summed E-state index contributed by atoms with van der Waals surface area (Å²) >= 11 is 0. The number of aliphatic hydroxyl groups excluding tert-OH is 5. The molecule has 1 rings (SSSR count). The van der Waals surface area contributed by atoms with Gasteiger partial charge in [0.1, 0.15) is 24.4 Å². The molecule has 0 aliphatic carbocycles. The third kappa shape index (κ3) is 31.5. The monoisotopic (exact) mass is 852 g/mol. The van der Waals surface area contributed by atoms with Crippen molar-refractivity contribution in [3.05, 3.63) is 24.3 Å². The summed E-state index contributed by atoms with van der Waals surface area (Å²) < 4.78 is 11.2.